The van der Waals surface area contributed by atoms with Crippen LogP contribution in [0.25, 0.3) is 0 Å². The summed E-state index contributed by atoms with van der Waals surface area (Å²) in [6.07, 6.45) is 2.26. The third-order valence-electron chi connectivity index (χ3n) is 1.95. The second-order valence-electron chi connectivity index (χ2n) is 2.93. The average molecular weight is 172 g/mol. The SMILES string of the molecule is NCCOCC(=O)N1CCCC1. The van der Waals surface area contributed by atoms with Crippen LogP contribution in [0, 0.1) is 0 Å². The van der Waals surface area contributed by atoms with Gasteiger partial charge in [0.2, 0.25) is 5.91 Å². The van der Waals surface area contributed by atoms with E-state index in [1.54, 1.807) is 0 Å². The Hall–Kier alpha value is -0.610. The van der Waals surface area contributed by atoms with E-state index >= 15 is 0 Å². The minimum Gasteiger partial charge on any atom is -0.370 e. The molecule has 4 heteroatoms. The first-order valence-electron chi connectivity index (χ1n) is 4.40. The summed E-state index contributed by atoms with van der Waals surface area (Å²) in [5.74, 6) is 0.0981. The fourth-order valence-corrected chi connectivity index (χ4v) is 1.30. The molecule has 0 spiro atoms. The Morgan fingerprint density at radius 3 is 2.67 bits per heavy atom. The van der Waals surface area contributed by atoms with Gasteiger partial charge in [0, 0.05) is 19.6 Å². The van der Waals surface area contributed by atoms with E-state index in [4.69, 9.17) is 10.5 Å². The molecule has 0 saturated carbocycles. The number of carbonyl (C=O) groups is 1. The number of carbonyl (C=O) groups excluding carboxylic acids is 1. The summed E-state index contributed by atoms with van der Waals surface area (Å²) < 4.78 is 5.04. The van der Waals surface area contributed by atoms with Gasteiger partial charge in [-0.3, -0.25) is 4.79 Å². The topological polar surface area (TPSA) is 55.6 Å². The molecule has 70 valence electrons. The zero-order valence-corrected chi connectivity index (χ0v) is 7.29. The number of likely N-dealkylation sites (tertiary alicyclic amines) is 1. The molecule has 0 unspecified atom stereocenters. The average Bonchev–Trinajstić information content (AvgIpc) is 2.56. The fourth-order valence-electron chi connectivity index (χ4n) is 1.30. The van der Waals surface area contributed by atoms with Crippen molar-refractivity contribution in [1.29, 1.82) is 0 Å². The van der Waals surface area contributed by atoms with Gasteiger partial charge in [0.1, 0.15) is 6.61 Å². The van der Waals surface area contributed by atoms with E-state index in [0.29, 0.717) is 13.2 Å². The summed E-state index contributed by atoms with van der Waals surface area (Å²) in [5, 5.41) is 0. The zero-order valence-electron chi connectivity index (χ0n) is 7.29. The molecule has 0 aromatic heterocycles. The van der Waals surface area contributed by atoms with E-state index in [2.05, 4.69) is 0 Å². The molecule has 0 aliphatic carbocycles. The van der Waals surface area contributed by atoms with Crippen molar-refractivity contribution in [1.82, 2.24) is 4.90 Å². The monoisotopic (exact) mass is 172 g/mol. The molecule has 12 heavy (non-hydrogen) atoms. The minimum atomic E-state index is 0.0981. The molecule has 0 aromatic carbocycles. The minimum absolute atomic E-state index is 0.0981. The van der Waals surface area contributed by atoms with Crippen molar-refractivity contribution in [3.05, 3.63) is 0 Å². The lowest BCUT2D eigenvalue weighted by molar-refractivity contribution is -0.134. The lowest BCUT2D eigenvalue weighted by atomic mass is 10.4. The van der Waals surface area contributed by atoms with E-state index in [-0.39, 0.29) is 12.5 Å². The van der Waals surface area contributed by atoms with Crippen LogP contribution in [0.5, 0.6) is 0 Å². The summed E-state index contributed by atoms with van der Waals surface area (Å²) in [7, 11) is 0. The van der Waals surface area contributed by atoms with Gasteiger partial charge in [0.25, 0.3) is 0 Å². The van der Waals surface area contributed by atoms with Crippen LogP contribution in [-0.2, 0) is 9.53 Å². The molecule has 0 radical (unpaired) electrons. The molecule has 1 amide bonds. The molecule has 0 bridgehead atoms. The third-order valence-corrected chi connectivity index (χ3v) is 1.95. The molecule has 0 atom stereocenters. The second-order valence-corrected chi connectivity index (χ2v) is 2.93. The molecule has 1 saturated heterocycles. The highest BCUT2D eigenvalue weighted by Gasteiger charge is 2.17. The van der Waals surface area contributed by atoms with E-state index in [0.717, 1.165) is 25.9 Å². The largest absolute Gasteiger partial charge is 0.370 e. The summed E-state index contributed by atoms with van der Waals surface area (Å²) in [5.41, 5.74) is 5.22. The molecular formula is C8H16N2O2. The van der Waals surface area contributed by atoms with Crippen LogP contribution in [-0.4, -0.2) is 43.7 Å². The van der Waals surface area contributed by atoms with E-state index < -0.39 is 0 Å². The smallest absolute Gasteiger partial charge is 0.248 e. The zero-order chi connectivity index (χ0) is 8.81. The van der Waals surface area contributed by atoms with Gasteiger partial charge < -0.3 is 15.4 Å². The van der Waals surface area contributed by atoms with Crippen LogP contribution in [0.15, 0.2) is 0 Å². The normalized spacial score (nSPS) is 16.9. The number of ether oxygens (including phenoxy) is 1. The van der Waals surface area contributed by atoms with E-state index in [1.807, 2.05) is 4.90 Å². The first-order valence-corrected chi connectivity index (χ1v) is 4.40. The maximum atomic E-state index is 11.3. The van der Waals surface area contributed by atoms with Gasteiger partial charge in [-0.1, -0.05) is 0 Å². The molecule has 2 N–H and O–H groups in total. The van der Waals surface area contributed by atoms with Gasteiger partial charge >= 0.3 is 0 Å². The van der Waals surface area contributed by atoms with Gasteiger partial charge in [-0.05, 0) is 12.8 Å². The van der Waals surface area contributed by atoms with Crippen molar-refractivity contribution >= 4 is 5.91 Å². The fraction of sp³-hybridized carbons (Fsp3) is 0.875. The predicted octanol–water partition coefficient (Wildman–Crippen LogP) is -0.416. The number of hydrogen-bond acceptors (Lipinski definition) is 3. The van der Waals surface area contributed by atoms with Crippen LogP contribution in [0.3, 0.4) is 0 Å². The van der Waals surface area contributed by atoms with Crippen LogP contribution < -0.4 is 5.73 Å². The number of nitrogens with two attached hydrogens (primary N) is 1. The number of hydrogen-bond donors (Lipinski definition) is 1. The maximum Gasteiger partial charge on any atom is 0.248 e. The Balaban J connectivity index is 2.10. The summed E-state index contributed by atoms with van der Waals surface area (Å²) in [6, 6.07) is 0. The lowest BCUT2D eigenvalue weighted by Gasteiger charge is -2.14. The van der Waals surface area contributed by atoms with Gasteiger partial charge in [-0.2, -0.15) is 0 Å². The first kappa shape index (κ1) is 9.48. The Morgan fingerprint density at radius 2 is 2.08 bits per heavy atom. The maximum absolute atomic E-state index is 11.3. The van der Waals surface area contributed by atoms with Crippen molar-refractivity contribution < 1.29 is 9.53 Å². The van der Waals surface area contributed by atoms with Crippen LogP contribution in [0.4, 0.5) is 0 Å². The van der Waals surface area contributed by atoms with Gasteiger partial charge in [-0.15, -0.1) is 0 Å². The standard InChI is InChI=1S/C8H16N2O2/c9-3-6-12-7-8(11)10-4-1-2-5-10/h1-7,9H2. The predicted molar refractivity (Wildman–Crippen MR) is 45.7 cm³/mol. The van der Waals surface area contributed by atoms with Crippen molar-refractivity contribution in [2.75, 3.05) is 32.8 Å². The Kier molecular flexibility index (Phi) is 4.04. The summed E-state index contributed by atoms with van der Waals surface area (Å²) in [6.45, 7) is 2.93. The summed E-state index contributed by atoms with van der Waals surface area (Å²) in [4.78, 5) is 13.1. The highest BCUT2D eigenvalue weighted by molar-refractivity contribution is 5.77. The highest BCUT2D eigenvalue weighted by Crippen LogP contribution is 2.06. The molecule has 4 nitrogen and oxygen atoms in total. The van der Waals surface area contributed by atoms with Crippen molar-refractivity contribution in [3.63, 3.8) is 0 Å². The molecule has 0 aromatic rings. The highest BCUT2D eigenvalue weighted by atomic mass is 16.5. The van der Waals surface area contributed by atoms with Gasteiger partial charge in [-0.25, -0.2) is 0 Å². The molecule has 1 aliphatic rings. The first-order chi connectivity index (χ1) is 5.84. The number of rotatable bonds is 4. The summed E-state index contributed by atoms with van der Waals surface area (Å²) >= 11 is 0. The number of nitrogens with zero attached hydrogens (tertiary/aromatic N) is 1. The molecule has 1 rings (SSSR count). The van der Waals surface area contributed by atoms with Gasteiger partial charge in [0.15, 0.2) is 0 Å². The molecular weight excluding hydrogens is 156 g/mol. The van der Waals surface area contributed by atoms with Gasteiger partial charge in [0.05, 0.1) is 6.61 Å². The van der Waals surface area contributed by atoms with E-state index in [9.17, 15) is 4.79 Å². The Morgan fingerprint density at radius 1 is 1.42 bits per heavy atom. The van der Waals surface area contributed by atoms with Crippen LogP contribution >= 0.6 is 0 Å². The van der Waals surface area contributed by atoms with Crippen LogP contribution in [0.2, 0.25) is 0 Å². The second kappa shape index (κ2) is 5.11. The third kappa shape index (κ3) is 2.79. The quantitative estimate of drug-likeness (QED) is 0.586. The van der Waals surface area contributed by atoms with E-state index in [1.165, 1.54) is 0 Å². The number of amides is 1. The molecule has 1 aliphatic heterocycles. The van der Waals surface area contributed by atoms with Crippen molar-refractivity contribution in [2.45, 2.75) is 12.8 Å². The molecule has 1 heterocycles. The van der Waals surface area contributed by atoms with Crippen molar-refractivity contribution in [2.24, 2.45) is 5.73 Å². The molecule has 1 fully saturated rings. The Bertz CT molecular complexity index is 144. The van der Waals surface area contributed by atoms with Crippen LogP contribution in [0.1, 0.15) is 12.8 Å². The van der Waals surface area contributed by atoms with Crippen molar-refractivity contribution in [3.8, 4) is 0 Å². The lowest BCUT2D eigenvalue weighted by Crippen LogP contribution is -2.31. The Labute approximate surface area is 72.7 Å².